The van der Waals surface area contributed by atoms with Gasteiger partial charge in [-0.15, -0.1) is 0 Å². The van der Waals surface area contributed by atoms with Gasteiger partial charge in [0.05, 0.1) is 33.9 Å². The minimum atomic E-state index is 0.226. The zero-order chi connectivity index (χ0) is 13.1. The van der Waals surface area contributed by atoms with Crippen LogP contribution < -0.4 is 5.73 Å². The van der Waals surface area contributed by atoms with Crippen LogP contribution in [0.15, 0.2) is 30.5 Å². The molecule has 2 rings (SSSR count). The molecular weight excluding hydrogens is 269 g/mol. The molecule has 1 heterocycles. The SMILES string of the molecule is N#CCc1ccnc(-c2c(Cl)cccc2Cl)c1N. The van der Waals surface area contributed by atoms with E-state index in [-0.39, 0.29) is 6.42 Å². The van der Waals surface area contributed by atoms with Crippen LogP contribution >= 0.6 is 23.2 Å². The second kappa shape index (κ2) is 5.26. The van der Waals surface area contributed by atoms with Gasteiger partial charge in [-0.25, -0.2) is 0 Å². The second-order valence-electron chi connectivity index (χ2n) is 3.66. The Hall–Kier alpha value is -1.76. The van der Waals surface area contributed by atoms with Crippen LogP contribution in [0.3, 0.4) is 0 Å². The zero-order valence-corrected chi connectivity index (χ0v) is 10.8. The first-order valence-electron chi connectivity index (χ1n) is 5.20. The van der Waals surface area contributed by atoms with Crippen LogP contribution in [0.1, 0.15) is 5.56 Å². The van der Waals surface area contributed by atoms with Crippen LogP contribution in [-0.2, 0) is 6.42 Å². The van der Waals surface area contributed by atoms with Gasteiger partial charge in [0.15, 0.2) is 0 Å². The maximum absolute atomic E-state index is 8.74. The number of halogens is 2. The third kappa shape index (κ3) is 2.26. The van der Waals surface area contributed by atoms with Gasteiger partial charge in [-0.3, -0.25) is 4.98 Å². The minimum absolute atomic E-state index is 0.226. The Morgan fingerprint density at radius 1 is 1.22 bits per heavy atom. The summed E-state index contributed by atoms with van der Waals surface area (Å²) in [6.07, 6.45) is 1.82. The molecule has 0 bridgehead atoms. The number of hydrogen-bond donors (Lipinski definition) is 1. The Morgan fingerprint density at radius 3 is 2.50 bits per heavy atom. The van der Waals surface area contributed by atoms with Gasteiger partial charge in [-0.05, 0) is 23.8 Å². The number of hydrogen-bond acceptors (Lipinski definition) is 3. The van der Waals surface area contributed by atoms with E-state index in [2.05, 4.69) is 11.1 Å². The summed E-state index contributed by atoms with van der Waals surface area (Å²) in [7, 11) is 0. The number of aromatic nitrogens is 1. The van der Waals surface area contributed by atoms with Crippen molar-refractivity contribution in [1.82, 2.24) is 4.98 Å². The molecule has 0 saturated carbocycles. The molecule has 0 saturated heterocycles. The standard InChI is InChI=1S/C13H9Cl2N3/c14-9-2-1-3-10(15)11(9)13-12(17)8(4-6-16)5-7-18-13/h1-3,5,7H,4,17H2. The fourth-order valence-corrected chi connectivity index (χ4v) is 2.25. The number of pyridine rings is 1. The van der Waals surface area contributed by atoms with Gasteiger partial charge in [-0.1, -0.05) is 29.3 Å². The normalized spacial score (nSPS) is 10.1. The summed E-state index contributed by atoms with van der Waals surface area (Å²) in [6.45, 7) is 0. The average molecular weight is 278 g/mol. The van der Waals surface area contributed by atoms with Crippen molar-refractivity contribution in [3.8, 4) is 17.3 Å². The molecule has 2 N–H and O–H groups in total. The largest absolute Gasteiger partial charge is 0.397 e. The Morgan fingerprint density at radius 2 is 1.89 bits per heavy atom. The van der Waals surface area contributed by atoms with Crippen molar-refractivity contribution >= 4 is 28.9 Å². The van der Waals surface area contributed by atoms with E-state index >= 15 is 0 Å². The van der Waals surface area contributed by atoms with Gasteiger partial charge in [0, 0.05) is 11.8 Å². The molecule has 90 valence electrons. The van der Waals surface area contributed by atoms with Crippen molar-refractivity contribution < 1.29 is 0 Å². The average Bonchev–Trinajstić information content (AvgIpc) is 2.33. The molecule has 0 fully saturated rings. The third-order valence-electron chi connectivity index (χ3n) is 2.55. The first-order valence-corrected chi connectivity index (χ1v) is 5.95. The summed E-state index contributed by atoms with van der Waals surface area (Å²) in [5.41, 5.74) is 8.28. The lowest BCUT2D eigenvalue weighted by molar-refractivity contribution is 1.22. The lowest BCUT2D eigenvalue weighted by Gasteiger charge is -2.11. The number of nitrogens with two attached hydrogens (primary N) is 1. The maximum Gasteiger partial charge on any atom is 0.0964 e. The predicted octanol–water partition coefficient (Wildman–Crippen LogP) is 3.70. The number of nitrogen functional groups attached to an aromatic ring is 1. The molecule has 0 unspecified atom stereocenters. The summed E-state index contributed by atoms with van der Waals surface area (Å²) >= 11 is 12.2. The molecule has 1 aromatic carbocycles. The molecule has 0 atom stereocenters. The summed E-state index contributed by atoms with van der Waals surface area (Å²) in [4.78, 5) is 4.21. The molecule has 0 amide bonds. The summed E-state index contributed by atoms with van der Waals surface area (Å²) in [5, 5.41) is 9.70. The summed E-state index contributed by atoms with van der Waals surface area (Å²) < 4.78 is 0. The lowest BCUT2D eigenvalue weighted by atomic mass is 10.0. The van der Waals surface area contributed by atoms with E-state index in [9.17, 15) is 0 Å². The molecule has 0 radical (unpaired) electrons. The monoisotopic (exact) mass is 277 g/mol. The molecule has 0 aliphatic rings. The van der Waals surface area contributed by atoms with Gasteiger partial charge < -0.3 is 5.73 Å². The van der Waals surface area contributed by atoms with Crippen LogP contribution in [0.4, 0.5) is 5.69 Å². The summed E-state index contributed by atoms with van der Waals surface area (Å²) in [5.74, 6) is 0. The highest BCUT2D eigenvalue weighted by Gasteiger charge is 2.14. The van der Waals surface area contributed by atoms with E-state index < -0.39 is 0 Å². The van der Waals surface area contributed by atoms with Gasteiger partial charge in [0.2, 0.25) is 0 Å². The topological polar surface area (TPSA) is 62.7 Å². The van der Waals surface area contributed by atoms with Crippen molar-refractivity contribution in [3.05, 3.63) is 46.1 Å². The van der Waals surface area contributed by atoms with E-state index in [1.165, 1.54) is 0 Å². The van der Waals surface area contributed by atoms with Crippen molar-refractivity contribution in [1.29, 1.82) is 5.26 Å². The molecule has 0 spiro atoms. The molecule has 2 aromatic rings. The Bertz CT molecular complexity index is 612. The summed E-state index contributed by atoms with van der Waals surface area (Å²) in [6, 6.07) is 8.97. The first-order chi connectivity index (χ1) is 8.65. The maximum atomic E-state index is 8.74. The Labute approximate surface area is 115 Å². The lowest BCUT2D eigenvalue weighted by Crippen LogP contribution is -1.99. The van der Waals surface area contributed by atoms with E-state index in [1.807, 2.05) is 0 Å². The first kappa shape index (κ1) is 12.7. The van der Waals surface area contributed by atoms with Gasteiger partial charge in [-0.2, -0.15) is 5.26 Å². The number of benzene rings is 1. The van der Waals surface area contributed by atoms with Crippen molar-refractivity contribution in [2.45, 2.75) is 6.42 Å². The number of rotatable bonds is 2. The van der Waals surface area contributed by atoms with Crippen LogP contribution in [0.5, 0.6) is 0 Å². The highest BCUT2D eigenvalue weighted by molar-refractivity contribution is 6.39. The van der Waals surface area contributed by atoms with Gasteiger partial charge >= 0.3 is 0 Å². The zero-order valence-electron chi connectivity index (χ0n) is 9.32. The van der Waals surface area contributed by atoms with Gasteiger partial charge in [0.25, 0.3) is 0 Å². The fraction of sp³-hybridized carbons (Fsp3) is 0.0769. The van der Waals surface area contributed by atoms with Crippen molar-refractivity contribution in [2.75, 3.05) is 5.73 Å². The van der Waals surface area contributed by atoms with Crippen LogP contribution in [0.25, 0.3) is 11.3 Å². The minimum Gasteiger partial charge on any atom is -0.397 e. The molecular formula is C13H9Cl2N3. The van der Waals surface area contributed by atoms with Crippen LogP contribution in [0.2, 0.25) is 10.0 Å². The number of nitrogens with zero attached hydrogens (tertiary/aromatic N) is 2. The Kier molecular flexibility index (Phi) is 3.71. The van der Waals surface area contributed by atoms with Crippen molar-refractivity contribution in [3.63, 3.8) is 0 Å². The number of nitriles is 1. The molecule has 0 aliphatic heterocycles. The van der Waals surface area contributed by atoms with Gasteiger partial charge in [0.1, 0.15) is 0 Å². The van der Waals surface area contributed by atoms with Crippen molar-refractivity contribution in [2.24, 2.45) is 0 Å². The van der Waals surface area contributed by atoms with E-state index in [4.69, 9.17) is 34.2 Å². The molecule has 0 aliphatic carbocycles. The number of anilines is 1. The fourth-order valence-electron chi connectivity index (χ4n) is 1.68. The highest BCUT2D eigenvalue weighted by Crippen LogP contribution is 2.37. The third-order valence-corrected chi connectivity index (χ3v) is 3.18. The molecule has 5 heteroatoms. The molecule has 3 nitrogen and oxygen atoms in total. The second-order valence-corrected chi connectivity index (χ2v) is 4.48. The highest BCUT2D eigenvalue weighted by atomic mass is 35.5. The van der Waals surface area contributed by atoms with E-state index in [0.29, 0.717) is 27.0 Å². The molecule has 18 heavy (non-hydrogen) atoms. The van der Waals surface area contributed by atoms with Crippen LogP contribution in [0, 0.1) is 11.3 Å². The van der Waals surface area contributed by atoms with Crippen LogP contribution in [-0.4, -0.2) is 4.98 Å². The predicted molar refractivity (Wildman–Crippen MR) is 73.4 cm³/mol. The quantitative estimate of drug-likeness (QED) is 0.910. The van der Waals surface area contributed by atoms with E-state index in [1.54, 1.807) is 30.5 Å². The van der Waals surface area contributed by atoms with E-state index in [0.717, 1.165) is 5.56 Å². The Balaban J connectivity index is 2.66. The molecule has 1 aromatic heterocycles. The smallest absolute Gasteiger partial charge is 0.0964 e.